The molecule has 5 nitrogen and oxygen atoms in total. The summed E-state index contributed by atoms with van der Waals surface area (Å²) in [6.07, 6.45) is 3.05. The Labute approximate surface area is 114 Å². The molecule has 0 aliphatic carbocycles. The summed E-state index contributed by atoms with van der Waals surface area (Å²) in [6.45, 7) is 8.13. The van der Waals surface area contributed by atoms with Gasteiger partial charge in [0, 0.05) is 36.8 Å². The Balaban J connectivity index is 1.94. The molecule has 0 bridgehead atoms. The molecule has 0 saturated carbocycles. The van der Waals surface area contributed by atoms with Gasteiger partial charge in [0.05, 0.1) is 0 Å². The van der Waals surface area contributed by atoms with Crippen molar-refractivity contribution in [3.8, 4) is 0 Å². The first-order valence-corrected chi connectivity index (χ1v) is 7.15. The van der Waals surface area contributed by atoms with Crippen LogP contribution in [0.2, 0.25) is 0 Å². The van der Waals surface area contributed by atoms with Crippen LogP contribution in [0.15, 0.2) is 0 Å². The minimum Gasteiger partial charge on any atom is -0.348 e. The van der Waals surface area contributed by atoms with Gasteiger partial charge in [-0.3, -0.25) is 9.89 Å². The van der Waals surface area contributed by atoms with Gasteiger partial charge in [-0.25, -0.2) is 0 Å². The van der Waals surface area contributed by atoms with Gasteiger partial charge < -0.3 is 10.6 Å². The molecule has 0 spiro atoms. The van der Waals surface area contributed by atoms with Crippen molar-refractivity contribution in [2.24, 2.45) is 5.92 Å². The first-order valence-electron chi connectivity index (χ1n) is 7.15. The summed E-state index contributed by atoms with van der Waals surface area (Å²) in [5.41, 5.74) is 2.68. The minimum atomic E-state index is -0.0579. The zero-order valence-electron chi connectivity index (χ0n) is 12.0. The van der Waals surface area contributed by atoms with Gasteiger partial charge >= 0.3 is 0 Å². The largest absolute Gasteiger partial charge is 0.348 e. The topological polar surface area (TPSA) is 69.8 Å². The normalized spacial score (nSPS) is 16.2. The molecule has 2 heterocycles. The van der Waals surface area contributed by atoms with Crippen molar-refractivity contribution < 1.29 is 4.79 Å². The van der Waals surface area contributed by atoms with Crippen LogP contribution in [0.3, 0.4) is 0 Å². The third kappa shape index (κ3) is 3.56. The molecule has 0 fully saturated rings. The number of hydrogen-bond acceptors (Lipinski definition) is 3. The number of nitrogens with zero attached hydrogens (tertiary/aromatic N) is 1. The predicted octanol–water partition coefficient (Wildman–Crippen LogP) is 1.61. The van der Waals surface area contributed by atoms with Crippen molar-refractivity contribution in [2.75, 3.05) is 6.54 Å². The average Bonchev–Trinajstić information content (AvgIpc) is 2.80. The Morgan fingerprint density at radius 2 is 2.16 bits per heavy atom. The lowest BCUT2D eigenvalue weighted by Gasteiger charge is -2.16. The lowest BCUT2D eigenvalue weighted by molar-refractivity contribution is 0.0931. The molecule has 1 unspecified atom stereocenters. The Bertz CT molecular complexity index is 439. The molecule has 1 atom stereocenters. The Morgan fingerprint density at radius 1 is 1.37 bits per heavy atom. The highest BCUT2D eigenvalue weighted by molar-refractivity contribution is 5.94. The van der Waals surface area contributed by atoms with Crippen LogP contribution in [0.1, 0.15) is 55.4 Å². The number of carbonyl (C=O) groups excluding carboxylic acids is 1. The number of amides is 1. The van der Waals surface area contributed by atoms with E-state index in [4.69, 9.17) is 0 Å². The number of hydrogen-bond donors (Lipinski definition) is 3. The average molecular weight is 264 g/mol. The lowest BCUT2D eigenvalue weighted by atomic mass is 10.0. The zero-order valence-corrected chi connectivity index (χ0v) is 12.0. The number of nitrogens with one attached hydrogen (secondary N) is 3. The van der Waals surface area contributed by atoms with Gasteiger partial charge in [-0.2, -0.15) is 5.10 Å². The van der Waals surface area contributed by atoms with E-state index in [0.717, 1.165) is 43.6 Å². The van der Waals surface area contributed by atoms with Crippen LogP contribution >= 0.6 is 0 Å². The summed E-state index contributed by atoms with van der Waals surface area (Å²) in [5, 5.41) is 13.5. The molecule has 1 aromatic rings. The highest BCUT2D eigenvalue weighted by atomic mass is 16.2. The SMILES string of the molecule is CC(C)CCC(C)NC(=O)c1n[nH]c2c1CNCC2. The standard InChI is InChI=1S/C14H24N4O/c1-9(2)4-5-10(3)16-14(19)13-11-8-15-7-6-12(11)17-18-13/h9-10,15H,4-8H2,1-3H3,(H,16,19)(H,17,18). The number of H-pyrrole nitrogens is 1. The summed E-state index contributed by atoms with van der Waals surface area (Å²) in [7, 11) is 0. The summed E-state index contributed by atoms with van der Waals surface area (Å²) in [5.74, 6) is 0.610. The van der Waals surface area contributed by atoms with E-state index in [1.807, 2.05) is 0 Å². The molecule has 1 aliphatic rings. The molecular formula is C14H24N4O. The summed E-state index contributed by atoms with van der Waals surface area (Å²) < 4.78 is 0. The molecular weight excluding hydrogens is 240 g/mol. The van der Waals surface area contributed by atoms with Gasteiger partial charge in [-0.05, 0) is 25.7 Å². The molecule has 1 aliphatic heterocycles. The highest BCUT2D eigenvalue weighted by Crippen LogP contribution is 2.15. The van der Waals surface area contributed by atoms with Gasteiger partial charge in [0.1, 0.15) is 0 Å². The quantitative estimate of drug-likeness (QED) is 0.756. The van der Waals surface area contributed by atoms with E-state index in [1.54, 1.807) is 0 Å². The van der Waals surface area contributed by atoms with Crippen LogP contribution in [0, 0.1) is 5.92 Å². The molecule has 1 aromatic heterocycles. The maximum atomic E-state index is 12.2. The number of fused-ring (bicyclic) bond motifs is 1. The smallest absolute Gasteiger partial charge is 0.272 e. The van der Waals surface area contributed by atoms with Crippen LogP contribution < -0.4 is 10.6 Å². The van der Waals surface area contributed by atoms with Crippen molar-refractivity contribution in [1.82, 2.24) is 20.8 Å². The second-order valence-electron chi connectivity index (χ2n) is 5.80. The predicted molar refractivity (Wildman–Crippen MR) is 75.0 cm³/mol. The molecule has 3 N–H and O–H groups in total. The fourth-order valence-corrected chi connectivity index (χ4v) is 2.36. The fourth-order valence-electron chi connectivity index (χ4n) is 2.36. The van der Waals surface area contributed by atoms with E-state index in [0.29, 0.717) is 11.6 Å². The van der Waals surface area contributed by atoms with E-state index in [2.05, 4.69) is 41.6 Å². The van der Waals surface area contributed by atoms with Crippen LogP contribution in [0.5, 0.6) is 0 Å². The monoisotopic (exact) mass is 264 g/mol. The number of carbonyl (C=O) groups is 1. The van der Waals surface area contributed by atoms with Crippen LogP contribution in [-0.4, -0.2) is 28.7 Å². The Kier molecular flexibility index (Phi) is 4.58. The third-order valence-electron chi connectivity index (χ3n) is 3.58. The highest BCUT2D eigenvalue weighted by Gasteiger charge is 2.22. The molecule has 0 radical (unpaired) electrons. The fraction of sp³-hybridized carbons (Fsp3) is 0.714. The molecule has 19 heavy (non-hydrogen) atoms. The van der Waals surface area contributed by atoms with E-state index >= 15 is 0 Å². The minimum absolute atomic E-state index is 0.0579. The van der Waals surface area contributed by atoms with E-state index in [-0.39, 0.29) is 11.9 Å². The van der Waals surface area contributed by atoms with Crippen molar-refractivity contribution in [3.05, 3.63) is 17.0 Å². The molecule has 0 aromatic carbocycles. The van der Waals surface area contributed by atoms with Gasteiger partial charge in [0.2, 0.25) is 0 Å². The summed E-state index contributed by atoms with van der Waals surface area (Å²) >= 11 is 0. The summed E-state index contributed by atoms with van der Waals surface area (Å²) in [4.78, 5) is 12.2. The third-order valence-corrected chi connectivity index (χ3v) is 3.58. The van der Waals surface area contributed by atoms with Crippen molar-refractivity contribution in [2.45, 2.75) is 52.6 Å². The Morgan fingerprint density at radius 3 is 2.89 bits per heavy atom. The first kappa shape index (κ1) is 14.1. The van der Waals surface area contributed by atoms with E-state index in [9.17, 15) is 4.79 Å². The van der Waals surface area contributed by atoms with Crippen LogP contribution in [0.25, 0.3) is 0 Å². The van der Waals surface area contributed by atoms with Crippen molar-refractivity contribution in [3.63, 3.8) is 0 Å². The maximum Gasteiger partial charge on any atom is 0.272 e. The molecule has 2 rings (SSSR count). The Hall–Kier alpha value is -1.36. The molecule has 0 saturated heterocycles. The lowest BCUT2D eigenvalue weighted by Crippen LogP contribution is -2.34. The van der Waals surface area contributed by atoms with Crippen LogP contribution in [0.4, 0.5) is 0 Å². The zero-order chi connectivity index (χ0) is 13.8. The van der Waals surface area contributed by atoms with Crippen molar-refractivity contribution in [1.29, 1.82) is 0 Å². The second kappa shape index (κ2) is 6.19. The number of aromatic amines is 1. The molecule has 1 amide bonds. The maximum absolute atomic E-state index is 12.2. The number of rotatable bonds is 5. The second-order valence-corrected chi connectivity index (χ2v) is 5.80. The van der Waals surface area contributed by atoms with Gasteiger partial charge in [-0.1, -0.05) is 13.8 Å². The number of aromatic nitrogens is 2. The molecule has 5 heteroatoms. The van der Waals surface area contributed by atoms with Gasteiger partial charge in [0.25, 0.3) is 5.91 Å². The van der Waals surface area contributed by atoms with Gasteiger partial charge in [0.15, 0.2) is 5.69 Å². The summed E-state index contributed by atoms with van der Waals surface area (Å²) in [6, 6.07) is 0.193. The van der Waals surface area contributed by atoms with E-state index < -0.39 is 0 Å². The first-order chi connectivity index (χ1) is 9.08. The van der Waals surface area contributed by atoms with Gasteiger partial charge in [-0.15, -0.1) is 0 Å². The van der Waals surface area contributed by atoms with Crippen LogP contribution in [-0.2, 0) is 13.0 Å². The molecule has 106 valence electrons. The van der Waals surface area contributed by atoms with E-state index in [1.165, 1.54) is 0 Å². The van der Waals surface area contributed by atoms with Crippen molar-refractivity contribution >= 4 is 5.91 Å².